The molecule has 0 saturated carbocycles. The highest BCUT2D eigenvalue weighted by Crippen LogP contribution is 2.21. The maximum atomic E-state index is 11.9. The van der Waals surface area contributed by atoms with Gasteiger partial charge in [-0.25, -0.2) is 0 Å². The molecule has 6 nitrogen and oxygen atoms in total. The second-order valence-corrected chi connectivity index (χ2v) is 4.30. The van der Waals surface area contributed by atoms with Crippen LogP contribution >= 0.6 is 0 Å². The van der Waals surface area contributed by atoms with Gasteiger partial charge in [-0.3, -0.25) is 19.9 Å². The number of hydrogen-bond donors (Lipinski definition) is 1. The minimum absolute atomic E-state index is 0.00484. The predicted molar refractivity (Wildman–Crippen MR) is 74.4 cm³/mol. The molecular weight excluding hydrogens is 258 g/mol. The summed E-state index contributed by atoms with van der Waals surface area (Å²) in [6, 6.07) is 9.68. The molecule has 0 aliphatic heterocycles. The summed E-state index contributed by atoms with van der Waals surface area (Å²) in [5, 5.41) is 13.4. The molecule has 1 heterocycles. The average Bonchev–Trinajstić information content (AvgIpc) is 2.42. The van der Waals surface area contributed by atoms with E-state index in [-0.39, 0.29) is 18.0 Å². The first-order valence-corrected chi connectivity index (χ1v) is 6.01. The van der Waals surface area contributed by atoms with E-state index in [0.29, 0.717) is 16.9 Å². The van der Waals surface area contributed by atoms with E-state index in [1.165, 1.54) is 18.2 Å². The molecule has 1 N–H and O–H groups in total. The van der Waals surface area contributed by atoms with Gasteiger partial charge in [0.1, 0.15) is 0 Å². The predicted octanol–water partition coefficient (Wildman–Crippen LogP) is 2.48. The van der Waals surface area contributed by atoms with Crippen LogP contribution in [-0.4, -0.2) is 15.8 Å². The molecule has 0 unspecified atom stereocenters. The van der Waals surface area contributed by atoms with Crippen LogP contribution in [0.2, 0.25) is 0 Å². The van der Waals surface area contributed by atoms with Crippen LogP contribution in [0.5, 0.6) is 0 Å². The van der Waals surface area contributed by atoms with Crippen molar-refractivity contribution in [2.75, 3.05) is 5.32 Å². The van der Waals surface area contributed by atoms with Crippen molar-refractivity contribution in [3.63, 3.8) is 0 Å². The van der Waals surface area contributed by atoms with E-state index < -0.39 is 4.92 Å². The smallest absolute Gasteiger partial charge is 0.269 e. The number of carbonyl (C=O) groups excluding carboxylic acids is 1. The quantitative estimate of drug-likeness (QED) is 0.683. The number of hydrogen-bond acceptors (Lipinski definition) is 4. The zero-order chi connectivity index (χ0) is 14.5. The lowest BCUT2D eigenvalue weighted by Crippen LogP contribution is -2.15. The third kappa shape index (κ3) is 3.38. The van der Waals surface area contributed by atoms with Crippen LogP contribution in [0.15, 0.2) is 42.6 Å². The zero-order valence-electron chi connectivity index (χ0n) is 10.9. The van der Waals surface area contributed by atoms with Crippen molar-refractivity contribution in [2.45, 2.75) is 13.3 Å². The molecule has 0 saturated heterocycles. The Labute approximate surface area is 115 Å². The fraction of sp³-hybridized carbons (Fsp3) is 0.143. The number of carbonyl (C=O) groups is 1. The van der Waals surface area contributed by atoms with Crippen molar-refractivity contribution in [2.24, 2.45) is 0 Å². The van der Waals surface area contributed by atoms with E-state index in [1.807, 2.05) is 6.07 Å². The second kappa shape index (κ2) is 5.92. The Morgan fingerprint density at radius 2 is 2.15 bits per heavy atom. The summed E-state index contributed by atoms with van der Waals surface area (Å²) >= 11 is 0. The lowest BCUT2D eigenvalue weighted by molar-refractivity contribution is -0.384. The first kappa shape index (κ1) is 13.7. The molecule has 0 fully saturated rings. The number of nitro benzene ring substituents is 1. The minimum atomic E-state index is -0.466. The van der Waals surface area contributed by atoms with Crippen molar-refractivity contribution in [1.82, 2.24) is 4.98 Å². The SMILES string of the molecule is Cc1cc([N+](=O)[O-])ccc1NC(=O)Cc1ccccn1. The molecule has 1 aromatic heterocycles. The summed E-state index contributed by atoms with van der Waals surface area (Å²) < 4.78 is 0. The zero-order valence-corrected chi connectivity index (χ0v) is 10.9. The lowest BCUT2D eigenvalue weighted by atomic mass is 10.1. The number of non-ortho nitro benzene ring substituents is 1. The van der Waals surface area contributed by atoms with Gasteiger partial charge in [0.2, 0.25) is 5.91 Å². The third-order valence-corrected chi connectivity index (χ3v) is 2.76. The molecule has 1 aromatic carbocycles. The summed E-state index contributed by atoms with van der Waals surface area (Å²) in [5.41, 5.74) is 1.89. The number of nitrogens with zero attached hydrogens (tertiary/aromatic N) is 2. The summed E-state index contributed by atoms with van der Waals surface area (Å²) in [5.74, 6) is -0.208. The molecule has 6 heteroatoms. The molecule has 0 spiro atoms. The number of nitrogens with one attached hydrogen (secondary N) is 1. The van der Waals surface area contributed by atoms with Crippen LogP contribution in [0.3, 0.4) is 0 Å². The lowest BCUT2D eigenvalue weighted by Gasteiger charge is -2.07. The van der Waals surface area contributed by atoms with E-state index in [4.69, 9.17) is 0 Å². The number of nitro groups is 1. The van der Waals surface area contributed by atoms with Crippen LogP contribution in [0, 0.1) is 17.0 Å². The summed E-state index contributed by atoms with van der Waals surface area (Å²) in [6.07, 6.45) is 1.79. The molecule has 2 rings (SSSR count). The number of anilines is 1. The highest BCUT2D eigenvalue weighted by atomic mass is 16.6. The van der Waals surface area contributed by atoms with Gasteiger partial charge in [0.05, 0.1) is 11.3 Å². The standard InChI is InChI=1S/C14H13N3O3/c1-10-8-12(17(19)20)5-6-13(10)16-14(18)9-11-4-2-3-7-15-11/h2-8H,9H2,1H3,(H,16,18). The molecule has 0 atom stereocenters. The number of pyridine rings is 1. The van der Waals surface area contributed by atoms with E-state index in [1.54, 1.807) is 25.3 Å². The van der Waals surface area contributed by atoms with Gasteiger partial charge < -0.3 is 5.32 Å². The molecule has 0 aliphatic rings. The number of aromatic nitrogens is 1. The van der Waals surface area contributed by atoms with E-state index in [9.17, 15) is 14.9 Å². The molecule has 2 aromatic rings. The summed E-state index contributed by atoms with van der Waals surface area (Å²) in [6.45, 7) is 1.71. The number of amides is 1. The Balaban J connectivity index is 2.06. The second-order valence-electron chi connectivity index (χ2n) is 4.30. The topological polar surface area (TPSA) is 85.1 Å². The Kier molecular flexibility index (Phi) is 4.05. The average molecular weight is 271 g/mol. The van der Waals surface area contributed by atoms with Gasteiger partial charge in [0.25, 0.3) is 5.69 Å². The van der Waals surface area contributed by atoms with Crippen molar-refractivity contribution < 1.29 is 9.72 Å². The number of rotatable bonds is 4. The van der Waals surface area contributed by atoms with Crippen LogP contribution < -0.4 is 5.32 Å². The number of aryl methyl sites for hydroxylation is 1. The molecular formula is C14H13N3O3. The number of benzene rings is 1. The summed E-state index contributed by atoms with van der Waals surface area (Å²) in [7, 11) is 0. The first-order chi connectivity index (χ1) is 9.56. The van der Waals surface area contributed by atoms with Crippen LogP contribution in [-0.2, 0) is 11.2 Å². The van der Waals surface area contributed by atoms with Crippen LogP contribution in [0.4, 0.5) is 11.4 Å². The van der Waals surface area contributed by atoms with E-state index in [2.05, 4.69) is 10.3 Å². The Morgan fingerprint density at radius 3 is 2.75 bits per heavy atom. The largest absolute Gasteiger partial charge is 0.326 e. The molecule has 102 valence electrons. The third-order valence-electron chi connectivity index (χ3n) is 2.76. The molecule has 0 aliphatic carbocycles. The van der Waals surface area contributed by atoms with Gasteiger partial charge in [0, 0.05) is 29.7 Å². The van der Waals surface area contributed by atoms with Gasteiger partial charge >= 0.3 is 0 Å². The van der Waals surface area contributed by atoms with Crippen molar-refractivity contribution in [3.8, 4) is 0 Å². The Hall–Kier alpha value is -2.76. The highest BCUT2D eigenvalue weighted by Gasteiger charge is 2.10. The van der Waals surface area contributed by atoms with Gasteiger partial charge in [-0.05, 0) is 30.7 Å². The fourth-order valence-electron chi connectivity index (χ4n) is 1.76. The fourth-order valence-corrected chi connectivity index (χ4v) is 1.76. The maximum absolute atomic E-state index is 11.9. The Bertz CT molecular complexity index is 641. The minimum Gasteiger partial charge on any atom is -0.326 e. The summed E-state index contributed by atoms with van der Waals surface area (Å²) in [4.78, 5) is 26.1. The van der Waals surface area contributed by atoms with Crippen LogP contribution in [0.25, 0.3) is 0 Å². The monoisotopic (exact) mass is 271 g/mol. The molecule has 0 radical (unpaired) electrons. The molecule has 0 bridgehead atoms. The van der Waals surface area contributed by atoms with Gasteiger partial charge in [-0.1, -0.05) is 6.07 Å². The first-order valence-electron chi connectivity index (χ1n) is 6.01. The van der Waals surface area contributed by atoms with Crippen molar-refractivity contribution in [1.29, 1.82) is 0 Å². The van der Waals surface area contributed by atoms with Crippen molar-refractivity contribution in [3.05, 3.63) is 64.0 Å². The molecule has 20 heavy (non-hydrogen) atoms. The maximum Gasteiger partial charge on any atom is 0.269 e. The van der Waals surface area contributed by atoms with E-state index >= 15 is 0 Å². The van der Waals surface area contributed by atoms with Gasteiger partial charge in [-0.2, -0.15) is 0 Å². The molecule has 1 amide bonds. The highest BCUT2D eigenvalue weighted by molar-refractivity contribution is 5.92. The Morgan fingerprint density at radius 1 is 1.35 bits per heavy atom. The van der Waals surface area contributed by atoms with Crippen molar-refractivity contribution >= 4 is 17.3 Å². The van der Waals surface area contributed by atoms with E-state index in [0.717, 1.165) is 0 Å². The van der Waals surface area contributed by atoms with Gasteiger partial charge in [0.15, 0.2) is 0 Å². The normalized spacial score (nSPS) is 10.1. The van der Waals surface area contributed by atoms with Gasteiger partial charge in [-0.15, -0.1) is 0 Å². The van der Waals surface area contributed by atoms with Crippen LogP contribution in [0.1, 0.15) is 11.3 Å².